The van der Waals surface area contributed by atoms with E-state index in [0.29, 0.717) is 23.5 Å². The Labute approximate surface area is 137 Å². The standard InChI is InChI=1S/C17H26N4O2/c1-3-17(10-6-7-11-17)13-20-16(18-2)19-12-14-8-4-5-9-15(14)21(22)23/h4-5,8-9H,3,6-7,10-13H2,1-2H3,(H2,18,19,20). The van der Waals surface area contributed by atoms with Crippen molar-refractivity contribution in [2.75, 3.05) is 13.6 Å². The van der Waals surface area contributed by atoms with Gasteiger partial charge in [-0.3, -0.25) is 15.1 Å². The predicted octanol–water partition coefficient (Wildman–Crippen LogP) is 3.23. The normalized spacial score (nSPS) is 17.0. The number of nitrogens with zero attached hydrogens (tertiary/aromatic N) is 2. The molecule has 1 aromatic carbocycles. The Morgan fingerprint density at radius 1 is 1.30 bits per heavy atom. The smallest absolute Gasteiger partial charge is 0.274 e. The van der Waals surface area contributed by atoms with Crippen molar-refractivity contribution in [3.05, 3.63) is 39.9 Å². The summed E-state index contributed by atoms with van der Waals surface area (Å²) in [6, 6.07) is 6.78. The van der Waals surface area contributed by atoms with Crippen molar-refractivity contribution < 1.29 is 4.92 Å². The van der Waals surface area contributed by atoms with E-state index in [1.54, 1.807) is 19.2 Å². The van der Waals surface area contributed by atoms with Gasteiger partial charge in [0.05, 0.1) is 4.92 Å². The van der Waals surface area contributed by atoms with Crippen LogP contribution >= 0.6 is 0 Å². The topological polar surface area (TPSA) is 79.6 Å². The highest BCUT2D eigenvalue weighted by atomic mass is 16.6. The van der Waals surface area contributed by atoms with Gasteiger partial charge in [-0.1, -0.05) is 38.0 Å². The van der Waals surface area contributed by atoms with Crippen molar-refractivity contribution in [3.63, 3.8) is 0 Å². The summed E-state index contributed by atoms with van der Waals surface area (Å²) in [5.74, 6) is 0.697. The first-order valence-electron chi connectivity index (χ1n) is 8.27. The summed E-state index contributed by atoms with van der Waals surface area (Å²) >= 11 is 0. The summed E-state index contributed by atoms with van der Waals surface area (Å²) in [6.07, 6.45) is 6.30. The number of guanidine groups is 1. The summed E-state index contributed by atoms with van der Waals surface area (Å²) in [7, 11) is 1.72. The van der Waals surface area contributed by atoms with Crippen LogP contribution in [0.4, 0.5) is 5.69 Å². The number of nitrogens with one attached hydrogen (secondary N) is 2. The van der Waals surface area contributed by atoms with Crippen molar-refractivity contribution in [2.45, 2.75) is 45.6 Å². The van der Waals surface area contributed by atoms with Gasteiger partial charge < -0.3 is 10.6 Å². The minimum atomic E-state index is -0.349. The molecule has 0 radical (unpaired) electrons. The third-order valence-electron chi connectivity index (χ3n) is 4.90. The Hall–Kier alpha value is -2.11. The van der Waals surface area contributed by atoms with Crippen molar-refractivity contribution >= 4 is 11.6 Å². The third-order valence-corrected chi connectivity index (χ3v) is 4.90. The monoisotopic (exact) mass is 318 g/mol. The van der Waals surface area contributed by atoms with Gasteiger partial charge in [-0.05, 0) is 24.7 Å². The molecule has 0 heterocycles. The summed E-state index contributed by atoms with van der Waals surface area (Å²) in [6.45, 7) is 3.53. The predicted molar refractivity (Wildman–Crippen MR) is 92.5 cm³/mol. The molecule has 0 atom stereocenters. The fourth-order valence-corrected chi connectivity index (χ4v) is 3.29. The molecular formula is C17H26N4O2. The highest BCUT2D eigenvalue weighted by Gasteiger charge is 2.31. The third kappa shape index (κ3) is 4.43. The van der Waals surface area contributed by atoms with Gasteiger partial charge in [0.1, 0.15) is 0 Å². The Kier molecular flexibility index (Phi) is 5.96. The lowest BCUT2D eigenvalue weighted by molar-refractivity contribution is -0.385. The second-order valence-corrected chi connectivity index (χ2v) is 6.23. The van der Waals surface area contributed by atoms with Crippen LogP contribution in [-0.2, 0) is 6.54 Å². The lowest BCUT2D eigenvalue weighted by Crippen LogP contribution is -2.42. The van der Waals surface area contributed by atoms with E-state index in [4.69, 9.17) is 0 Å². The molecule has 0 saturated heterocycles. The maximum atomic E-state index is 11.0. The Bertz CT molecular complexity index is 565. The molecule has 0 spiro atoms. The summed E-state index contributed by atoms with van der Waals surface area (Å²) in [5, 5.41) is 17.6. The quantitative estimate of drug-likeness (QED) is 0.365. The van der Waals surface area contributed by atoms with Crippen LogP contribution in [-0.4, -0.2) is 24.5 Å². The molecule has 1 aliphatic carbocycles. The maximum Gasteiger partial charge on any atom is 0.274 e. The number of hydrogen-bond acceptors (Lipinski definition) is 3. The molecule has 1 aromatic rings. The van der Waals surface area contributed by atoms with E-state index in [1.165, 1.54) is 38.2 Å². The molecule has 1 saturated carbocycles. The second-order valence-electron chi connectivity index (χ2n) is 6.23. The second kappa shape index (κ2) is 7.94. The van der Waals surface area contributed by atoms with E-state index in [9.17, 15) is 10.1 Å². The largest absolute Gasteiger partial charge is 0.356 e. The molecule has 1 aliphatic rings. The zero-order valence-corrected chi connectivity index (χ0v) is 14.0. The van der Waals surface area contributed by atoms with E-state index >= 15 is 0 Å². The summed E-state index contributed by atoms with van der Waals surface area (Å²) < 4.78 is 0. The van der Waals surface area contributed by atoms with Crippen LogP contribution < -0.4 is 10.6 Å². The Morgan fingerprint density at radius 3 is 2.61 bits per heavy atom. The maximum absolute atomic E-state index is 11.0. The fraction of sp³-hybridized carbons (Fsp3) is 0.588. The van der Waals surface area contributed by atoms with Gasteiger partial charge in [0.2, 0.25) is 0 Å². The van der Waals surface area contributed by atoms with Gasteiger partial charge in [0.15, 0.2) is 5.96 Å². The van der Waals surface area contributed by atoms with Gasteiger partial charge >= 0.3 is 0 Å². The van der Waals surface area contributed by atoms with Crippen molar-refractivity contribution in [3.8, 4) is 0 Å². The van der Waals surface area contributed by atoms with Gasteiger partial charge in [0, 0.05) is 31.8 Å². The highest BCUT2D eigenvalue weighted by Crippen LogP contribution is 2.40. The number of nitro benzene ring substituents is 1. The number of hydrogen-bond donors (Lipinski definition) is 2. The van der Waals surface area contributed by atoms with Crippen LogP contribution in [0.5, 0.6) is 0 Å². The summed E-state index contributed by atoms with van der Waals surface area (Å²) in [5.41, 5.74) is 1.17. The molecular weight excluding hydrogens is 292 g/mol. The molecule has 6 nitrogen and oxygen atoms in total. The molecule has 126 valence electrons. The summed E-state index contributed by atoms with van der Waals surface area (Å²) in [4.78, 5) is 14.9. The van der Waals surface area contributed by atoms with Crippen molar-refractivity contribution in [1.82, 2.24) is 10.6 Å². The first-order valence-corrected chi connectivity index (χ1v) is 8.27. The van der Waals surface area contributed by atoms with Crippen molar-refractivity contribution in [2.24, 2.45) is 10.4 Å². The van der Waals surface area contributed by atoms with Gasteiger partial charge in [-0.25, -0.2) is 0 Å². The minimum Gasteiger partial charge on any atom is -0.356 e. The first-order chi connectivity index (χ1) is 11.1. The molecule has 0 unspecified atom stereocenters. The fourth-order valence-electron chi connectivity index (χ4n) is 3.29. The van der Waals surface area contributed by atoms with E-state index in [0.717, 1.165) is 6.54 Å². The molecule has 0 aromatic heterocycles. The van der Waals surface area contributed by atoms with Gasteiger partial charge in [0.25, 0.3) is 5.69 Å². The first kappa shape index (κ1) is 17.2. The van der Waals surface area contributed by atoms with Gasteiger partial charge in [-0.2, -0.15) is 0 Å². The number of nitro groups is 1. The van der Waals surface area contributed by atoms with Crippen LogP contribution in [0.25, 0.3) is 0 Å². The lowest BCUT2D eigenvalue weighted by Gasteiger charge is -2.28. The van der Waals surface area contributed by atoms with Crippen LogP contribution in [0.3, 0.4) is 0 Å². The van der Waals surface area contributed by atoms with Crippen LogP contribution in [0.15, 0.2) is 29.3 Å². The number of rotatable bonds is 6. The number of para-hydroxylation sites is 1. The zero-order chi connectivity index (χ0) is 16.7. The minimum absolute atomic E-state index is 0.135. The van der Waals surface area contributed by atoms with E-state index in [1.807, 2.05) is 6.07 Å². The van der Waals surface area contributed by atoms with Crippen LogP contribution in [0.2, 0.25) is 0 Å². The van der Waals surface area contributed by atoms with E-state index < -0.39 is 0 Å². The van der Waals surface area contributed by atoms with Gasteiger partial charge in [-0.15, -0.1) is 0 Å². The Morgan fingerprint density at radius 2 is 2.00 bits per heavy atom. The zero-order valence-electron chi connectivity index (χ0n) is 14.0. The SMILES string of the molecule is CCC1(CNC(=NC)NCc2ccccc2[N+](=O)[O-])CCCC1. The Balaban J connectivity index is 1.92. The number of aliphatic imine (C=N–C) groups is 1. The number of benzene rings is 1. The van der Waals surface area contributed by atoms with E-state index in [2.05, 4.69) is 22.5 Å². The molecule has 2 N–H and O–H groups in total. The average molecular weight is 318 g/mol. The van der Waals surface area contributed by atoms with Crippen LogP contribution in [0.1, 0.15) is 44.6 Å². The molecule has 2 rings (SSSR count). The average Bonchev–Trinajstić information content (AvgIpc) is 3.04. The van der Waals surface area contributed by atoms with Crippen molar-refractivity contribution in [1.29, 1.82) is 0 Å². The van der Waals surface area contributed by atoms with Crippen LogP contribution in [0, 0.1) is 15.5 Å². The molecule has 6 heteroatoms. The highest BCUT2D eigenvalue weighted by molar-refractivity contribution is 5.79. The molecule has 1 fully saturated rings. The van der Waals surface area contributed by atoms with E-state index in [-0.39, 0.29) is 10.6 Å². The molecule has 0 amide bonds. The molecule has 0 bridgehead atoms. The molecule has 0 aliphatic heterocycles. The molecule has 23 heavy (non-hydrogen) atoms. The lowest BCUT2D eigenvalue weighted by atomic mass is 9.83.